The predicted molar refractivity (Wildman–Crippen MR) is 69.2 cm³/mol. The van der Waals surface area contributed by atoms with Gasteiger partial charge in [-0.25, -0.2) is 0 Å². The lowest BCUT2D eigenvalue weighted by Crippen LogP contribution is -2.57. The smallest absolute Gasteiger partial charge is 0.380 e. The summed E-state index contributed by atoms with van der Waals surface area (Å²) in [5.74, 6) is -0.0764. The van der Waals surface area contributed by atoms with E-state index < -0.39 is 17.8 Å². The third-order valence-electron chi connectivity index (χ3n) is 4.13. The minimum absolute atomic E-state index is 0.0736. The van der Waals surface area contributed by atoms with Crippen molar-refractivity contribution in [1.29, 1.82) is 0 Å². The summed E-state index contributed by atoms with van der Waals surface area (Å²) in [5, 5.41) is 9.60. The molecule has 20 heavy (non-hydrogen) atoms. The summed E-state index contributed by atoms with van der Waals surface area (Å²) in [6.45, 7) is 6.76. The molecule has 0 spiro atoms. The van der Waals surface area contributed by atoms with Gasteiger partial charge >= 0.3 is 6.18 Å². The van der Waals surface area contributed by atoms with E-state index in [0.717, 1.165) is 0 Å². The average molecular weight is 296 g/mol. The van der Waals surface area contributed by atoms with Crippen molar-refractivity contribution < 1.29 is 23.1 Å². The van der Waals surface area contributed by atoms with E-state index in [-0.39, 0.29) is 31.8 Å². The molecule has 0 radical (unpaired) electrons. The van der Waals surface area contributed by atoms with Crippen LogP contribution in [-0.2, 0) is 4.79 Å². The number of rotatable bonds is 4. The number of piperidine rings is 1. The highest BCUT2D eigenvalue weighted by molar-refractivity contribution is 5.81. The fourth-order valence-electron chi connectivity index (χ4n) is 2.52. The topological polar surface area (TPSA) is 43.8 Å². The summed E-state index contributed by atoms with van der Waals surface area (Å²) in [6, 6.07) is -0.451. The molecule has 118 valence electrons. The van der Waals surface area contributed by atoms with Crippen LogP contribution < -0.4 is 0 Å². The van der Waals surface area contributed by atoms with Gasteiger partial charge in [-0.05, 0) is 33.6 Å². The molecule has 1 unspecified atom stereocenters. The minimum Gasteiger partial charge on any atom is -0.380 e. The van der Waals surface area contributed by atoms with Gasteiger partial charge in [-0.1, -0.05) is 0 Å². The fraction of sp³-hybridized carbons (Fsp3) is 0.923. The number of aliphatic hydroxyl groups is 1. The van der Waals surface area contributed by atoms with Crippen molar-refractivity contribution in [3.8, 4) is 0 Å². The summed E-state index contributed by atoms with van der Waals surface area (Å²) in [7, 11) is 0. The quantitative estimate of drug-likeness (QED) is 0.857. The van der Waals surface area contributed by atoms with Gasteiger partial charge in [0, 0.05) is 26.2 Å². The zero-order valence-corrected chi connectivity index (χ0v) is 12.2. The number of likely N-dealkylation sites (N-methyl/N-ethyl adjacent to an activating group) is 1. The zero-order valence-electron chi connectivity index (χ0n) is 12.2. The Balaban J connectivity index is 2.63. The van der Waals surface area contributed by atoms with E-state index in [0.29, 0.717) is 13.1 Å². The first-order valence-electron chi connectivity index (χ1n) is 6.98. The Hall–Kier alpha value is -0.820. The molecule has 1 saturated heterocycles. The van der Waals surface area contributed by atoms with Crippen molar-refractivity contribution in [2.75, 3.05) is 26.2 Å². The molecule has 4 nitrogen and oxygen atoms in total. The van der Waals surface area contributed by atoms with Gasteiger partial charge in [0.25, 0.3) is 0 Å². The third kappa shape index (κ3) is 3.44. The molecule has 0 saturated carbocycles. The fourth-order valence-corrected chi connectivity index (χ4v) is 2.52. The van der Waals surface area contributed by atoms with Crippen molar-refractivity contribution in [3.63, 3.8) is 0 Å². The summed E-state index contributed by atoms with van der Waals surface area (Å²) in [5.41, 5.74) is -2.61. The van der Waals surface area contributed by atoms with Crippen LogP contribution in [0.3, 0.4) is 0 Å². The van der Waals surface area contributed by atoms with Gasteiger partial charge in [-0.2, -0.15) is 13.2 Å². The second-order valence-electron chi connectivity index (χ2n) is 5.25. The molecule has 0 bridgehead atoms. The number of halogens is 3. The summed E-state index contributed by atoms with van der Waals surface area (Å²) < 4.78 is 38.1. The van der Waals surface area contributed by atoms with Crippen LogP contribution >= 0.6 is 0 Å². The second kappa shape index (κ2) is 6.30. The molecule has 1 heterocycles. The van der Waals surface area contributed by atoms with E-state index in [2.05, 4.69) is 0 Å². The summed E-state index contributed by atoms with van der Waals surface area (Å²) >= 11 is 0. The van der Waals surface area contributed by atoms with Crippen LogP contribution in [0.5, 0.6) is 0 Å². The Labute approximate surface area is 117 Å². The van der Waals surface area contributed by atoms with Gasteiger partial charge in [0.05, 0.1) is 6.04 Å². The Kier molecular flexibility index (Phi) is 5.43. The van der Waals surface area contributed by atoms with E-state index in [1.807, 2.05) is 13.8 Å². The van der Waals surface area contributed by atoms with Crippen LogP contribution in [0, 0.1) is 0 Å². The van der Waals surface area contributed by atoms with Crippen molar-refractivity contribution >= 4 is 5.91 Å². The molecule has 1 atom stereocenters. The lowest BCUT2D eigenvalue weighted by molar-refractivity contribution is -0.273. The number of likely N-dealkylation sites (tertiary alicyclic amines) is 1. The van der Waals surface area contributed by atoms with E-state index in [9.17, 15) is 23.1 Å². The monoisotopic (exact) mass is 296 g/mol. The largest absolute Gasteiger partial charge is 0.417 e. The Bertz CT molecular complexity index is 335. The number of carbonyl (C=O) groups excluding carboxylic acids is 1. The SMILES string of the molecule is CCN(CC)C(=O)C(C)N1CCC(O)(C(F)(F)F)CC1. The first kappa shape index (κ1) is 17.2. The average Bonchev–Trinajstić information content (AvgIpc) is 2.39. The molecule has 1 N–H and O–H groups in total. The van der Waals surface area contributed by atoms with Crippen molar-refractivity contribution in [3.05, 3.63) is 0 Å². The molecule has 0 aliphatic carbocycles. The van der Waals surface area contributed by atoms with Gasteiger partial charge in [-0.15, -0.1) is 0 Å². The number of carbonyl (C=O) groups is 1. The van der Waals surface area contributed by atoms with E-state index >= 15 is 0 Å². The first-order chi connectivity index (χ1) is 9.16. The standard InChI is InChI=1S/C13H23F3N2O2/c1-4-17(5-2)11(19)10(3)18-8-6-12(20,7-9-18)13(14,15)16/h10,20H,4-9H2,1-3H3. The summed E-state index contributed by atoms with van der Waals surface area (Å²) in [6.07, 6.45) is -5.37. The number of hydrogen-bond donors (Lipinski definition) is 1. The predicted octanol–water partition coefficient (Wildman–Crippen LogP) is 1.63. The number of alkyl halides is 3. The number of hydrogen-bond acceptors (Lipinski definition) is 3. The van der Waals surface area contributed by atoms with Crippen LogP contribution in [0.2, 0.25) is 0 Å². The zero-order chi connectivity index (χ0) is 15.6. The maximum atomic E-state index is 12.7. The van der Waals surface area contributed by atoms with E-state index in [1.165, 1.54) is 0 Å². The Morgan fingerprint density at radius 1 is 1.30 bits per heavy atom. The van der Waals surface area contributed by atoms with Gasteiger partial charge < -0.3 is 10.0 Å². The maximum absolute atomic E-state index is 12.7. The third-order valence-corrected chi connectivity index (χ3v) is 4.13. The molecule has 1 rings (SSSR count). The lowest BCUT2D eigenvalue weighted by Gasteiger charge is -2.41. The van der Waals surface area contributed by atoms with Crippen molar-refractivity contribution in [2.45, 2.75) is 51.4 Å². The highest BCUT2D eigenvalue weighted by Crippen LogP contribution is 2.38. The van der Waals surface area contributed by atoms with Crippen LogP contribution in [0.4, 0.5) is 13.2 Å². The minimum atomic E-state index is -4.61. The first-order valence-corrected chi connectivity index (χ1v) is 6.98. The molecule has 1 amide bonds. The van der Waals surface area contributed by atoms with E-state index in [1.54, 1.807) is 16.7 Å². The molecule has 0 aromatic heterocycles. The van der Waals surface area contributed by atoms with Gasteiger partial charge in [-0.3, -0.25) is 9.69 Å². The molecule has 1 aliphatic rings. The molecule has 1 aliphatic heterocycles. The van der Waals surface area contributed by atoms with Crippen LogP contribution in [0.1, 0.15) is 33.6 Å². The van der Waals surface area contributed by atoms with Gasteiger partial charge in [0.1, 0.15) is 0 Å². The summed E-state index contributed by atoms with van der Waals surface area (Å²) in [4.78, 5) is 15.5. The molecule has 0 aromatic rings. The highest BCUT2D eigenvalue weighted by atomic mass is 19.4. The molecule has 1 fully saturated rings. The van der Waals surface area contributed by atoms with Gasteiger partial charge in [0.2, 0.25) is 5.91 Å². The Morgan fingerprint density at radius 3 is 2.10 bits per heavy atom. The van der Waals surface area contributed by atoms with Crippen LogP contribution in [0.25, 0.3) is 0 Å². The van der Waals surface area contributed by atoms with Crippen LogP contribution in [0.15, 0.2) is 0 Å². The number of amides is 1. The molecular weight excluding hydrogens is 273 g/mol. The Morgan fingerprint density at radius 2 is 1.75 bits per heavy atom. The van der Waals surface area contributed by atoms with E-state index in [4.69, 9.17) is 0 Å². The second-order valence-corrected chi connectivity index (χ2v) is 5.25. The maximum Gasteiger partial charge on any atom is 0.417 e. The van der Waals surface area contributed by atoms with Crippen molar-refractivity contribution in [2.24, 2.45) is 0 Å². The molecule has 0 aromatic carbocycles. The normalized spacial score (nSPS) is 21.6. The lowest BCUT2D eigenvalue weighted by atomic mass is 9.90. The van der Waals surface area contributed by atoms with Gasteiger partial charge in [0.15, 0.2) is 5.60 Å². The number of nitrogens with zero attached hydrogens (tertiary/aromatic N) is 2. The van der Waals surface area contributed by atoms with Crippen molar-refractivity contribution in [1.82, 2.24) is 9.80 Å². The highest BCUT2D eigenvalue weighted by Gasteiger charge is 2.55. The molecule has 7 heteroatoms. The molecular formula is C13H23F3N2O2. The van der Waals surface area contributed by atoms with Crippen LogP contribution in [-0.4, -0.2) is 64.8 Å².